The molecule has 0 unspecified atom stereocenters. The lowest BCUT2D eigenvalue weighted by molar-refractivity contribution is 0.440. The maximum absolute atomic E-state index is 4.88. The lowest BCUT2D eigenvalue weighted by Gasteiger charge is -2.29. The van der Waals surface area contributed by atoms with Gasteiger partial charge in [0.15, 0.2) is 5.96 Å². The molecule has 0 bridgehead atoms. The molecule has 5 heteroatoms. The van der Waals surface area contributed by atoms with Gasteiger partial charge in [-0.3, -0.25) is 4.99 Å². The van der Waals surface area contributed by atoms with Gasteiger partial charge in [0.1, 0.15) is 5.65 Å². The quantitative estimate of drug-likeness (QED) is 0.533. The molecule has 0 spiro atoms. The molecular formula is C24H29N5. The molecule has 3 heterocycles. The SMILES string of the molecule is CCNC(=NCCc1cn2cccc(C)c2n1)N1CC=C(c2ccccc2)CC1. The van der Waals surface area contributed by atoms with Crippen LogP contribution in [-0.2, 0) is 6.42 Å². The van der Waals surface area contributed by atoms with Crippen LogP contribution in [0.15, 0.2) is 65.9 Å². The molecule has 0 atom stereocenters. The molecule has 1 aliphatic rings. The van der Waals surface area contributed by atoms with Crippen LogP contribution in [0.5, 0.6) is 0 Å². The topological polar surface area (TPSA) is 44.9 Å². The van der Waals surface area contributed by atoms with Gasteiger partial charge >= 0.3 is 0 Å². The fourth-order valence-corrected chi connectivity index (χ4v) is 3.80. The summed E-state index contributed by atoms with van der Waals surface area (Å²) >= 11 is 0. The maximum atomic E-state index is 4.88. The average molecular weight is 388 g/mol. The first-order valence-electron chi connectivity index (χ1n) is 10.5. The van der Waals surface area contributed by atoms with Gasteiger partial charge in [-0.25, -0.2) is 4.98 Å². The fraction of sp³-hybridized carbons (Fsp3) is 0.333. The minimum Gasteiger partial charge on any atom is -0.357 e. The van der Waals surface area contributed by atoms with Crippen LogP contribution in [0.4, 0.5) is 0 Å². The minimum absolute atomic E-state index is 0.733. The number of nitrogens with zero attached hydrogens (tertiary/aromatic N) is 4. The molecule has 0 radical (unpaired) electrons. The number of rotatable bonds is 5. The third-order valence-corrected chi connectivity index (χ3v) is 5.35. The molecule has 29 heavy (non-hydrogen) atoms. The van der Waals surface area contributed by atoms with E-state index in [4.69, 9.17) is 9.98 Å². The number of hydrogen-bond acceptors (Lipinski definition) is 2. The van der Waals surface area contributed by atoms with Crippen molar-refractivity contribution < 1.29 is 0 Å². The minimum atomic E-state index is 0.733. The Labute approximate surface area is 172 Å². The van der Waals surface area contributed by atoms with Crippen LogP contribution >= 0.6 is 0 Å². The van der Waals surface area contributed by atoms with E-state index in [2.05, 4.69) is 89.4 Å². The molecular weight excluding hydrogens is 358 g/mol. The lowest BCUT2D eigenvalue weighted by Crippen LogP contribution is -2.43. The van der Waals surface area contributed by atoms with Gasteiger partial charge in [0.2, 0.25) is 0 Å². The van der Waals surface area contributed by atoms with Crippen molar-refractivity contribution in [3.63, 3.8) is 0 Å². The second kappa shape index (κ2) is 8.95. The van der Waals surface area contributed by atoms with E-state index in [1.807, 2.05) is 0 Å². The van der Waals surface area contributed by atoms with E-state index in [0.717, 1.165) is 56.3 Å². The summed E-state index contributed by atoms with van der Waals surface area (Å²) in [6.07, 6.45) is 8.38. The third-order valence-electron chi connectivity index (χ3n) is 5.35. The lowest BCUT2D eigenvalue weighted by atomic mass is 10.00. The normalized spacial score (nSPS) is 14.9. The molecule has 0 saturated carbocycles. The molecule has 1 N–H and O–H groups in total. The zero-order valence-corrected chi connectivity index (χ0v) is 17.3. The largest absolute Gasteiger partial charge is 0.357 e. The van der Waals surface area contributed by atoms with Crippen LogP contribution in [0.25, 0.3) is 11.2 Å². The van der Waals surface area contributed by atoms with Gasteiger partial charge < -0.3 is 14.6 Å². The summed E-state index contributed by atoms with van der Waals surface area (Å²) in [6.45, 7) is 7.70. The molecule has 150 valence electrons. The van der Waals surface area contributed by atoms with Crippen molar-refractivity contribution in [1.82, 2.24) is 19.6 Å². The van der Waals surface area contributed by atoms with Crippen molar-refractivity contribution >= 4 is 17.2 Å². The number of fused-ring (bicyclic) bond motifs is 1. The number of hydrogen-bond donors (Lipinski definition) is 1. The van der Waals surface area contributed by atoms with Crippen molar-refractivity contribution in [3.05, 3.63) is 77.8 Å². The second-order valence-corrected chi connectivity index (χ2v) is 7.43. The van der Waals surface area contributed by atoms with Gasteiger partial charge in [-0.2, -0.15) is 0 Å². The van der Waals surface area contributed by atoms with E-state index < -0.39 is 0 Å². The van der Waals surface area contributed by atoms with Crippen molar-refractivity contribution in [1.29, 1.82) is 0 Å². The Balaban J connectivity index is 1.41. The van der Waals surface area contributed by atoms with Crippen LogP contribution in [0.1, 0.15) is 30.2 Å². The standard InChI is InChI=1S/C24H29N5/c1-3-25-24(28-16-12-21(13-17-28)20-9-5-4-6-10-20)26-14-11-22-18-29-15-7-8-19(2)23(29)27-22/h4-10,12,15,18H,3,11,13-14,16-17H2,1-2H3,(H,25,26). The molecule has 3 aromatic rings. The summed E-state index contributed by atoms with van der Waals surface area (Å²) in [4.78, 5) is 12.0. The fourth-order valence-electron chi connectivity index (χ4n) is 3.80. The Morgan fingerprint density at radius 1 is 1.17 bits per heavy atom. The monoisotopic (exact) mass is 387 g/mol. The van der Waals surface area contributed by atoms with E-state index >= 15 is 0 Å². The number of aliphatic imine (C=N–C) groups is 1. The highest BCUT2D eigenvalue weighted by Gasteiger charge is 2.16. The Bertz CT molecular complexity index is 1020. The Morgan fingerprint density at radius 3 is 2.76 bits per heavy atom. The van der Waals surface area contributed by atoms with Crippen molar-refractivity contribution in [2.45, 2.75) is 26.7 Å². The van der Waals surface area contributed by atoms with Gasteiger partial charge in [-0.15, -0.1) is 0 Å². The number of aromatic nitrogens is 2. The summed E-state index contributed by atoms with van der Waals surface area (Å²) in [5, 5.41) is 3.45. The first-order valence-corrected chi connectivity index (χ1v) is 10.5. The van der Waals surface area contributed by atoms with E-state index in [1.54, 1.807) is 0 Å². The van der Waals surface area contributed by atoms with Crippen molar-refractivity contribution in [2.24, 2.45) is 4.99 Å². The van der Waals surface area contributed by atoms with E-state index in [0.29, 0.717) is 0 Å². The highest BCUT2D eigenvalue weighted by Crippen LogP contribution is 2.22. The number of pyridine rings is 1. The van der Waals surface area contributed by atoms with Gasteiger partial charge in [-0.1, -0.05) is 42.5 Å². The van der Waals surface area contributed by atoms with E-state index in [9.17, 15) is 0 Å². The Kier molecular flexibility index (Phi) is 5.94. The summed E-state index contributed by atoms with van der Waals surface area (Å²) in [7, 11) is 0. The summed E-state index contributed by atoms with van der Waals surface area (Å²) in [5.41, 5.74) is 6.08. The summed E-state index contributed by atoms with van der Waals surface area (Å²) in [6, 6.07) is 14.8. The zero-order valence-electron chi connectivity index (χ0n) is 17.3. The Hall–Kier alpha value is -3.08. The van der Waals surface area contributed by atoms with Crippen LogP contribution in [-0.4, -0.2) is 46.4 Å². The van der Waals surface area contributed by atoms with Gasteiger partial charge in [-0.05, 0) is 43.0 Å². The van der Waals surface area contributed by atoms with Crippen LogP contribution in [0.2, 0.25) is 0 Å². The predicted molar refractivity (Wildman–Crippen MR) is 120 cm³/mol. The smallest absolute Gasteiger partial charge is 0.194 e. The Morgan fingerprint density at radius 2 is 2.03 bits per heavy atom. The van der Waals surface area contributed by atoms with Gasteiger partial charge in [0, 0.05) is 45.0 Å². The number of nitrogens with one attached hydrogen (secondary N) is 1. The maximum Gasteiger partial charge on any atom is 0.194 e. The molecule has 4 rings (SSSR count). The molecule has 0 aliphatic carbocycles. The molecule has 0 amide bonds. The van der Waals surface area contributed by atoms with E-state index in [-0.39, 0.29) is 0 Å². The highest BCUT2D eigenvalue weighted by molar-refractivity contribution is 5.81. The van der Waals surface area contributed by atoms with Gasteiger partial charge in [0.05, 0.1) is 5.69 Å². The van der Waals surface area contributed by atoms with Gasteiger partial charge in [0.25, 0.3) is 0 Å². The van der Waals surface area contributed by atoms with E-state index in [1.165, 1.54) is 16.7 Å². The third kappa shape index (κ3) is 4.50. The molecule has 0 fully saturated rings. The molecule has 1 aromatic carbocycles. The summed E-state index contributed by atoms with van der Waals surface area (Å²) < 4.78 is 2.10. The highest BCUT2D eigenvalue weighted by atomic mass is 15.3. The second-order valence-electron chi connectivity index (χ2n) is 7.43. The first-order chi connectivity index (χ1) is 14.2. The number of guanidine groups is 1. The van der Waals surface area contributed by atoms with Crippen LogP contribution in [0, 0.1) is 6.92 Å². The molecule has 2 aromatic heterocycles. The first kappa shape index (κ1) is 19.2. The predicted octanol–water partition coefficient (Wildman–Crippen LogP) is 3.94. The van der Waals surface area contributed by atoms with Crippen molar-refractivity contribution in [3.8, 4) is 0 Å². The summed E-state index contributed by atoms with van der Waals surface area (Å²) in [5.74, 6) is 0.996. The number of benzene rings is 1. The average Bonchev–Trinajstić information content (AvgIpc) is 3.18. The molecule has 5 nitrogen and oxygen atoms in total. The van der Waals surface area contributed by atoms with Crippen molar-refractivity contribution in [2.75, 3.05) is 26.2 Å². The number of imidazole rings is 1. The van der Waals surface area contributed by atoms with Crippen LogP contribution in [0.3, 0.4) is 0 Å². The zero-order chi connectivity index (χ0) is 20.1. The molecule has 0 saturated heterocycles. The molecule has 1 aliphatic heterocycles. The number of aryl methyl sites for hydroxylation is 1. The van der Waals surface area contributed by atoms with Crippen LogP contribution < -0.4 is 5.32 Å².